The highest BCUT2D eigenvalue weighted by Crippen LogP contribution is 2.34. The van der Waals surface area contributed by atoms with E-state index in [0.29, 0.717) is 41.4 Å². The van der Waals surface area contributed by atoms with Crippen LogP contribution in [0.25, 0.3) is 11.3 Å². The van der Waals surface area contributed by atoms with E-state index in [2.05, 4.69) is 10.3 Å². The number of nitrogens with two attached hydrogens (primary N) is 1. The van der Waals surface area contributed by atoms with Gasteiger partial charge in [-0.3, -0.25) is 9.69 Å². The van der Waals surface area contributed by atoms with Crippen LogP contribution in [0.15, 0.2) is 48.7 Å². The molecule has 1 atom stereocenters. The summed E-state index contributed by atoms with van der Waals surface area (Å²) in [5.74, 6) is 6.29. The molecule has 0 aliphatic carbocycles. The first-order valence-corrected chi connectivity index (χ1v) is 13.0. The summed E-state index contributed by atoms with van der Waals surface area (Å²) in [7, 11) is 0. The number of nitrogen functional groups attached to an aromatic ring is 1. The van der Waals surface area contributed by atoms with Crippen molar-refractivity contribution in [2.45, 2.75) is 58.6 Å². The monoisotopic (exact) mass is 534 g/mol. The lowest BCUT2D eigenvalue weighted by Gasteiger charge is -2.36. The summed E-state index contributed by atoms with van der Waals surface area (Å²) in [6, 6.07) is 11.4. The number of nitrogens with one attached hydrogen (secondary N) is 1. The van der Waals surface area contributed by atoms with Gasteiger partial charge in [-0.05, 0) is 71.2 Å². The van der Waals surface area contributed by atoms with Gasteiger partial charge in [-0.1, -0.05) is 18.2 Å². The maximum atomic E-state index is 13.0. The third-order valence-electron chi connectivity index (χ3n) is 6.16. The number of hydrogen-bond acceptors (Lipinski definition) is 8. The highest BCUT2D eigenvalue weighted by Gasteiger charge is 2.36. The summed E-state index contributed by atoms with van der Waals surface area (Å²) in [5, 5.41) is 2.74. The van der Waals surface area contributed by atoms with Crippen LogP contribution < -0.4 is 11.2 Å². The average molecular weight is 535 g/mol. The molecule has 2 aromatic heterocycles. The molecule has 4 rings (SSSR count). The van der Waals surface area contributed by atoms with E-state index in [-0.39, 0.29) is 18.2 Å². The number of carbonyl (C=O) groups is 3. The van der Waals surface area contributed by atoms with Crippen molar-refractivity contribution in [1.29, 1.82) is 0 Å². The Morgan fingerprint density at radius 1 is 1.10 bits per heavy atom. The molecule has 0 spiro atoms. The highest BCUT2D eigenvalue weighted by molar-refractivity contribution is 6.04. The van der Waals surface area contributed by atoms with E-state index in [1.807, 2.05) is 20.8 Å². The molecule has 206 valence electrons. The maximum Gasteiger partial charge on any atom is 0.410 e. The molecule has 0 bridgehead atoms. The third-order valence-corrected chi connectivity index (χ3v) is 6.16. The van der Waals surface area contributed by atoms with Gasteiger partial charge in [0, 0.05) is 23.9 Å². The lowest BCUT2D eigenvalue weighted by molar-refractivity contribution is 0.00820. The van der Waals surface area contributed by atoms with Crippen molar-refractivity contribution in [3.8, 4) is 11.3 Å². The van der Waals surface area contributed by atoms with E-state index in [1.54, 1.807) is 60.5 Å². The van der Waals surface area contributed by atoms with Crippen molar-refractivity contribution in [1.82, 2.24) is 19.5 Å². The zero-order valence-corrected chi connectivity index (χ0v) is 22.6. The van der Waals surface area contributed by atoms with Gasteiger partial charge < -0.3 is 20.6 Å². The first-order chi connectivity index (χ1) is 18.6. The number of hydrogen-bond donors (Lipinski definition) is 2. The van der Waals surface area contributed by atoms with Crippen LogP contribution >= 0.6 is 0 Å². The van der Waals surface area contributed by atoms with Crippen LogP contribution in [0.5, 0.6) is 0 Å². The summed E-state index contributed by atoms with van der Waals surface area (Å²) >= 11 is 0. The second-order valence-electron chi connectivity index (χ2n) is 10.2. The van der Waals surface area contributed by atoms with E-state index in [9.17, 15) is 14.4 Å². The van der Waals surface area contributed by atoms with Crippen LogP contribution in [0, 0.1) is 0 Å². The fraction of sp³-hybridized carbons (Fsp3) is 0.393. The number of aromatic nitrogens is 3. The van der Waals surface area contributed by atoms with Gasteiger partial charge in [-0.25, -0.2) is 24.2 Å². The van der Waals surface area contributed by atoms with Crippen LogP contribution in [0.2, 0.25) is 0 Å². The molecule has 3 N–H and O–H groups in total. The zero-order chi connectivity index (χ0) is 28.2. The van der Waals surface area contributed by atoms with Crippen molar-refractivity contribution in [2.75, 3.05) is 24.3 Å². The van der Waals surface area contributed by atoms with E-state index in [4.69, 9.17) is 20.3 Å². The Labute approximate surface area is 227 Å². The van der Waals surface area contributed by atoms with Gasteiger partial charge in [0.2, 0.25) is 0 Å². The Morgan fingerprint density at radius 2 is 1.85 bits per heavy atom. The number of ether oxygens (including phenoxy) is 2. The first-order valence-electron chi connectivity index (χ1n) is 13.0. The second-order valence-corrected chi connectivity index (χ2v) is 10.2. The number of pyridine rings is 1. The van der Waals surface area contributed by atoms with E-state index >= 15 is 0 Å². The molecule has 39 heavy (non-hydrogen) atoms. The fourth-order valence-corrected chi connectivity index (χ4v) is 4.42. The zero-order valence-electron chi connectivity index (χ0n) is 22.6. The van der Waals surface area contributed by atoms with Crippen molar-refractivity contribution in [2.24, 2.45) is 0 Å². The number of carbonyl (C=O) groups excluding carboxylic acids is 3. The molecule has 3 aromatic rings. The predicted octanol–water partition coefficient (Wildman–Crippen LogP) is 4.55. The van der Waals surface area contributed by atoms with Crippen LogP contribution in [-0.4, -0.2) is 56.3 Å². The van der Waals surface area contributed by atoms with Crippen molar-refractivity contribution in [3.05, 3.63) is 65.7 Å². The number of amides is 2. The normalized spacial score (nSPS) is 15.5. The minimum absolute atomic E-state index is 0.0623. The number of anilines is 1. The van der Waals surface area contributed by atoms with E-state index in [0.717, 1.165) is 12.8 Å². The van der Waals surface area contributed by atoms with Gasteiger partial charge >= 0.3 is 12.1 Å². The standard InChI is InChI=1S/C28H34N6O5/c1-5-38-26(36)23-22(18-12-14-19(15-13-18)25(35)31-21-11-6-8-16-30-21)32-24(34(23)29)20-10-7-9-17-33(20)27(37)39-28(2,3)4/h6,8,11-16,20H,5,7,9-10,17,29H2,1-4H3,(H,30,31,35). The molecular weight excluding hydrogens is 500 g/mol. The molecule has 11 heteroatoms. The molecule has 0 radical (unpaired) electrons. The Bertz CT molecular complexity index is 1330. The summed E-state index contributed by atoms with van der Waals surface area (Å²) in [5.41, 5.74) is 0.670. The minimum Gasteiger partial charge on any atom is -0.461 e. The fourth-order valence-electron chi connectivity index (χ4n) is 4.42. The Morgan fingerprint density at radius 3 is 2.49 bits per heavy atom. The number of nitrogens with zero attached hydrogens (tertiary/aromatic N) is 4. The lowest BCUT2D eigenvalue weighted by Crippen LogP contribution is -2.43. The minimum atomic E-state index is -0.664. The topological polar surface area (TPSA) is 142 Å². The van der Waals surface area contributed by atoms with Gasteiger partial charge in [0.05, 0.1) is 12.6 Å². The lowest BCUT2D eigenvalue weighted by atomic mass is 10.0. The molecule has 11 nitrogen and oxygen atoms in total. The van der Waals surface area contributed by atoms with Gasteiger partial charge in [0.25, 0.3) is 5.91 Å². The first kappa shape index (κ1) is 27.6. The van der Waals surface area contributed by atoms with Crippen molar-refractivity contribution >= 4 is 23.8 Å². The van der Waals surface area contributed by atoms with Crippen LogP contribution in [-0.2, 0) is 9.47 Å². The van der Waals surface area contributed by atoms with Gasteiger partial charge in [-0.2, -0.15) is 0 Å². The van der Waals surface area contributed by atoms with Gasteiger partial charge in [-0.15, -0.1) is 0 Å². The molecular formula is C28H34N6O5. The SMILES string of the molecule is CCOC(=O)c1c(-c2ccc(C(=O)Nc3ccccn3)cc2)nc(C2CCCCN2C(=O)OC(C)(C)C)n1N. The number of imidazole rings is 1. The van der Waals surface area contributed by atoms with Gasteiger partial charge in [0.15, 0.2) is 11.5 Å². The third kappa shape index (κ3) is 6.36. The summed E-state index contributed by atoms with van der Waals surface area (Å²) < 4.78 is 12.1. The highest BCUT2D eigenvalue weighted by atomic mass is 16.6. The Kier molecular flexibility index (Phi) is 8.18. The molecule has 0 saturated carbocycles. The Balaban J connectivity index is 1.68. The number of benzene rings is 1. The van der Waals surface area contributed by atoms with Crippen LogP contribution in [0.4, 0.5) is 10.6 Å². The molecule has 1 aliphatic rings. The smallest absolute Gasteiger partial charge is 0.410 e. The van der Waals surface area contributed by atoms with Crippen molar-refractivity contribution in [3.63, 3.8) is 0 Å². The van der Waals surface area contributed by atoms with E-state index < -0.39 is 23.7 Å². The predicted molar refractivity (Wildman–Crippen MR) is 145 cm³/mol. The summed E-state index contributed by atoms with van der Waals surface area (Å²) in [6.07, 6.45) is 3.42. The number of rotatable bonds is 6. The van der Waals surface area contributed by atoms with Crippen LogP contribution in [0.3, 0.4) is 0 Å². The van der Waals surface area contributed by atoms with Crippen molar-refractivity contribution < 1.29 is 23.9 Å². The largest absolute Gasteiger partial charge is 0.461 e. The second kappa shape index (κ2) is 11.5. The average Bonchev–Trinajstić information content (AvgIpc) is 3.25. The summed E-state index contributed by atoms with van der Waals surface area (Å²) in [4.78, 5) is 49.2. The molecule has 1 saturated heterocycles. The maximum absolute atomic E-state index is 13.0. The molecule has 1 aromatic carbocycles. The number of piperidine rings is 1. The van der Waals surface area contributed by atoms with E-state index in [1.165, 1.54) is 4.68 Å². The van der Waals surface area contributed by atoms with Crippen LogP contribution in [0.1, 0.15) is 79.7 Å². The summed E-state index contributed by atoms with van der Waals surface area (Å²) in [6.45, 7) is 7.77. The quantitative estimate of drug-likeness (QED) is 0.346. The molecule has 1 aliphatic heterocycles. The number of likely N-dealkylation sites (tertiary alicyclic amines) is 1. The molecule has 1 unspecified atom stereocenters. The Hall–Kier alpha value is -4.41. The molecule has 1 fully saturated rings. The molecule has 2 amide bonds. The van der Waals surface area contributed by atoms with Gasteiger partial charge in [0.1, 0.15) is 17.1 Å². The number of esters is 1. The molecule has 3 heterocycles.